The van der Waals surface area contributed by atoms with Gasteiger partial charge in [-0.1, -0.05) is 6.07 Å². The molecule has 0 radical (unpaired) electrons. The monoisotopic (exact) mass is 264 g/mol. The first-order valence-electron chi connectivity index (χ1n) is 4.61. The van der Waals surface area contributed by atoms with Gasteiger partial charge in [-0.2, -0.15) is 0 Å². The number of ketones is 1. The molecule has 0 saturated carbocycles. The molecule has 0 unspecified atom stereocenters. The number of Topliss-reactive ketones (excluding diaryl/α,β-unsaturated/α-hetero) is 1. The molecule has 0 heterocycles. The fourth-order valence-electron chi connectivity index (χ4n) is 1.22. The van der Waals surface area contributed by atoms with Crippen LogP contribution in [0.3, 0.4) is 0 Å². The molecule has 0 bridgehead atoms. The summed E-state index contributed by atoms with van der Waals surface area (Å²) in [6, 6.07) is 3.02. The highest BCUT2D eigenvalue weighted by Gasteiger charge is 2.29. The summed E-state index contributed by atoms with van der Waals surface area (Å²) < 4.78 is 47.2. The molecule has 0 amide bonds. The van der Waals surface area contributed by atoms with Gasteiger partial charge in [0, 0.05) is 14.2 Å². The largest absolute Gasteiger partial charge is 0.337 e. The van der Waals surface area contributed by atoms with Crippen LogP contribution < -0.4 is 0 Å². The molecule has 0 saturated heterocycles. The van der Waals surface area contributed by atoms with Gasteiger partial charge in [-0.15, -0.1) is 0 Å². The van der Waals surface area contributed by atoms with Gasteiger partial charge in [-0.25, -0.2) is 8.78 Å². The topological polar surface area (TPSA) is 52.6 Å². The van der Waals surface area contributed by atoms with Crippen LogP contribution in [0.1, 0.15) is 10.4 Å². The van der Waals surface area contributed by atoms with E-state index in [1.807, 2.05) is 0 Å². The van der Waals surface area contributed by atoms with Crippen molar-refractivity contribution < 1.29 is 27.2 Å². The van der Waals surface area contributed by atoms with Crippen molar-refractivity contribution >= 4 is 13.4 Å². The third-order valence-electron chi connectivity index (χ3n) is 2.14. The van der Waals surface area contributed by atoms with Gasteiger partial charge in [0.25, 0.3) is 0 Å². The molecule has 0 aromatic heterocycles. The molecule has 1 aromatic rings. The van der Waals surface area contributed by atoms with E-state index in [1.54, 1.807) is 0 Å². The Hall–Kier alpha value is -1.10. The van der Waals surface area contributed by atoms with Gasteiger partial charge in [0.05, 0.1) is 5.56 Å². The molecule has 4 nitrogen and oxygen atoms in total. The van der Waals surface area contributed by atoms with Gasteiger partial charge in [0.15, 0.2) is 5.78 Å². The molecule has 7 heteroatoms. The van der Waals surface area contributed by atoms with Gasteiger partial charge in [-0.3, -0.25) is 9.36 Å². The first-order chi connectivity index (χ1) is 7.93. The van der Waals surface area contributed by atoms with Crippen LogP contribution in [0.25, 0.3) is 0 Å². The highest BCUT2D eigenvalue weighted by Crippen LogP contribution is 2.46. The Labute approximate surface area is 97.1 Å². The van der Waals surface area contributed by atoms with E-state index in [0.717, 1.165) is 32.4 Å². The van der Waals surface area contributed by atoms with E-state index in [4.69, 9.17) is 0 Å². The Bertz CT molecular complexity index is 447. The third kappa shape index (κ3) is 3.19. The number of halogens is 2. The first-order valence-corrected chi connectivity index (χ1v) is 6.34. The molecule has 0 spiro atoms. The zero-order valence-electron chi connectivity index (χ0n) is 9.28. The third-order valence-corrected chi connectivity index (χ3v) is 3.92. The summed E-state index contributed by atoms with van der Waals surface area (Å²) >= 11 is 0. The molecular weight excluding hydrogens is 253 g/mol. The average Bonchev–Trinajstić information content (AvgIpc) is 2.28. The molecule has 0 aliphatic rings. The van der Waals surface area contributed by atoms with E-state index < -0.39 is 36.7 Å². The second-order valence-corrected chi connectivity index (χ2v) is 5.42. The van der Waals surface area contributed by atoms with Crippen molar-refractivity contribution in [3.05, 3.63) is 35.4 Å². The Morgan fingerprint density at radius 3 is 2.12 bits per heavy atom. The van der Waals surface area contributed by atoms with Crippen molar-refractivity contribution in [1.82, 2.24) is 0 Å². The molecule has 1 rings (SSSR count). The minimum Gasteiger partial charge on any atom is -0.312 e. The van der Waals surface area contributed by atoms with Crippen LogP contribution in [0.15, 0.2) is 18.2 Å². The lowest BCUT2D eigenvalue weighted by Crippen LogP contribution is -2.12. The van der Waals surface area contributed by atoms with Crippen LogP contribution in [-0.2, 0) is 13.6 Å². The predicted molar refractivity (Wildman–Crippen MR) is 57.2 cm³/mol. The molecule has 1 aromatic carbocycles. The molecule has 0 atom stereocenters. The van der Waals surface area contributed by atoms with Crippen molar-refractivity contribution in [2.45, 2.75) is 0 Å². The molecule has 0 aliphatic carbocycles. The quantitative estimate of drug-likeness (QED) is 0.606. The van der Waals surface area contributed by atoms with Crippen LogP contribution in [0.5, 0.6) is 0 Å². The second-order valence-electron chi connectivity index (χ2n) is 3.15. The lowest BCUT2D eigenvalue weighted by atomic mass is 10.1. The zero-order valence-corrected chi connectivity index (χ0v) is 10.2. The maximum absolute atomic E-state index is 13.3. The molecule has 0 fully saturated rings. The highest BCUT2D eigenvalue weighted by molar-refractivity contribution is 7.54. The smallest absolute Gasteiger partial charge is 0.312 e. The number of hydrogen-bond acceptors (Lipinski definition) is 4. The Balaban J connectivity index is 3.02. The van der Waals surface area contributed by atoms with E-state index in [1.165, 1.54) is 0 Å². The van der Waals surface area contributed by atoms with Crippen molar-refractivity contribution in [3.63, 3.8) is 0 Å². The summed E-state index contributed by atoms with van der Waals surface area (Å²) in [5.74, 6) is -2.98. The van der Waals surface area contributed by atoms with E-state index in [-0.39, 0.29) is 0 Å². The Morgan fingerprint density at radius 2 is 1.71 bits per heavy atom. The van der Waals surface area contributed by atoms with E-state index >= 15 is 0 Å². The summed E-state index contributed by atoms with van der Waals surface area (Å²) in [4.78, 5) is 11.6. The van der Waals surface area contributed by atoms with Gasteiger partial charge < -0.3 is 9.05 Å². The van der Waals surface area contributed by atoms with E-state index in [0.29, 0.717) is 0 Å². The van der Waals surface area contributed by atoms with Crippen LogP contribution in [0.4, 0.5) is 8.78 Å². The predicted octanol–water partition coefficient (Wildman–Crippen LogP) is 2.63. The average molecular weight is 264 g/mol. The van der Waals surface area contributed by atoms with Crippen molar-refractivity contribution in [1.29, 1.82) is 0 Å². The van der Waals surface area contributed by atoms with Gasteiger partial charge in [0.2, 0.25) is 0 Å². The molecule has 0 N–H and O–H groups in total. The highest BCUT2D eigenvalue weighted by atomic mass is 31.2. The second kappa shape index (κ2) is 5.49. The minimum atomic E-state index is -3.63. The summed E-state index contributed by atoms with van der Waals surface area (Å²) in [6.07, 6.45) is -0.710. The summed E-state index contributed by atoms with van der Waals surface area (Å²) in [5.41, 5.74) is -0.734. The number of rotatable bonds is 5. The van der Waals surface area contributed by atoms with Crippen LogP contribution in [-0.4, -0.2) is 26.2 Å². The number of hydrogen-bond donors (Lipinski definition) is 0. The fourth-order valence-corrected chi connectivity index (χ4v) is 2.14. The minimum absolute atomic E-state index is 0.710. The van der Waals surface area contributed by atoms with Crippen LogP contribution in [0, 0.1) is 11.6 Å². The Kier molecular flexibility index (Phi) is 4.51. The van der Waals surface area contributed by atoms with Gasteiger partial charge >= 0.3 is 7.60 Å². The summed E-state index contributed by atoms with van der Waals surface area (Å²) in [5, 5.41) is 0. The SMILES string of the molecule is COP(=O)(CC(=O)c1c(F)cccc1F)OC. The number of benzene rings is 1. The molecule has 17 heavy (non-hydrogen) atoms. The van der Waals surface area contributed by atoms with E-state index in [2.05, 4.69) is 9.05 Å². The van der Waals surface area contributed by atoms with Crippen molar-refractivity contribution in [2.24, 2.45) is 0 Å². The standard InChI is InChI=1S/C10H11F2O4P/c1-15-17(14,16-2)6-9(13)10-7(11)4-3-5-8(10)12/h3-5H,6H2,1-2H3. The van der Waals surface area contributed by atoms with Crippen molar-refractivity contribution in [3.8, 4) is 0 Å². The van der Waals surface area contributed by atoms with Crippen LogP contribution >= 0.6 is 7.60 Å². The van der Waals surface area contributed by atoms with Crippen LogP contribution in [0.2, 0.25) is 0 Å². The molecule has 94 valence electrons. The maximum atomic E-state index is 13.3. The zero-order chi connectivity index (χ0) is 13.1. The summed E-state index contributed by atoms with van der Waals surface area (Å²) in [7, 11) is -1.44. The number of carbonyl (C=O) groups is 1. The first kappa shape index (κ1) is 14.0. The molecule has 0 aliphatic heterocycles. The Morgan fingerprint density at radius 1 is 1.24 bits per heavy atom. The lowest BCUT2D eigenvalue weighted by Gasteiger charge is -2.12. The lowest BCUT2D eigenvalue weighted by molar-refractivity contribution is 0.100. The van der Waals surface area contributed by atoms with Gasteiger partial charge in [-0.05, 0) is 12.1 Å². The maximum Gasteiger partial charge on any atom is 0.337 e. The normalized spacial score (nSPS) is 11.5. The van der Waals surface area contributed by atoms with E-state index in [9.17, 15) is 18.1 Å². The summed E-state index contributed by atoms with van der Waals surface area (Å²) in [6.45, 7) is 0. The molecular formula is C10H11F2O4P. The van der Waals surface area contributed by atoms with Gasteiger partial charge in [0.1, 0.15) is 17.8 Å². The number of carbonyl (C=O) groups excluding carboxylic acids is 1. The fraction of sp³-hybridized carbons (Fsp3) is 0.300. The van der Waals surface area contributed by atoms with Crippen molar-refractivity contribution in [2.75, 3.05) is 20.4 Å².